The molecule has 2 rings (SSSR count). The van der Waals surface area contributed by atoms with Gasteiger partial charge in [-0.2, -0.15) is 11.8 Å². The summed E-state index contributed by atoms with van der Waals surface area (Å²) in [6.45, 7) is 3.27. The molecular formula is C14H21NOS. The average molecular weight is 251 g/mol. The van der Waals surface area contributed by atoms with Crippen LogP contribution in [-0.2, 0) is 0 Å². The number of nitrogens with one attached hydrogen (secondary N) is 1. The zero-order valence-electron chi connectivity index (χ0n) is 10.4. The van der Waals surface area contributed by atoms with Crippen molar-refractivity contribution >= 4 is 11.8 Å². The van der Waals surface area contributed by atoms with Gasteiger partial charge in [0, 0.05) is 17.8 Å². The van der Waals surface area contributed by atoms with Gasteiger partial charge in [-0.25, -0.2) is 0 Å². The van der Waals surface area contributed by atoms with Crippen molar-refractivity contribution in [2.45, 2.75) is 37.5 Å². The highest BCUT2D eigenvalue weighted by molar-refractivity contribution is 7.99. The Hall–Kier alpha value is -0.670. The van der Waals surface area contributed by atoms with Gasteiger partial charge >= 0.3 is 0 Å². The van der Waals surface area contributed by atoms with E-state index in [1.807, 2.05) is 12.1 Å². The van der Waals surface area contributed by atoms with E-state index in [9.17, 15) is 5.11 Å². The molecule has 0 aliphatic carbocycles. The molecule has 1 heterocycles. The first-order chi connectivity index (χ1) is 8.25. The molecule has 1 aromatic carbocycles. The van der Waals surface area contributed by atoms with Crippen LogP contribution in [0.1, 0.15) is 37.8 Å². The molecule has 0 radical (unpaired) electrons. The third-order valence-electron chi connectivity index (χ3n) is 3.32. The lowest BCUT2D eigenvalue weighted by Gasteiger charge is -2.24. The molecule has 0 amide bonds. The highest BCUT2D eigenvalue weighted by atomic mass is 32.2. The van der Waals surface area contributed by atoms with E-state index in [1.54, 1.807) is 12.1 Å². The van der Waals surface area contributed by atoms with Crippen LogP contribution in [0.25, 0.3) is 0 Å². The maximum atomic E-state index is 9.25. The first kappa shape index (κ1) is 12.8. The first-order valence-corrected chi connectivity index (χ1v) is 7.44. The van der Waals surface area contributed by atoms with Gasteiger partial charge in [0.2, 0.25) is 0 Å². The van der Waals surface area contributed by atoms with Crippen LogP contribution in [-0.4, -0.2) is 22.7 Å². The number of phenols is 1. The Morgan fingerprint density at radius 3 is 2.76 bits per heavy atom. The van der Waals surface area contributed by atoms with Gasteiger partial charge in [-0.15, -0.1) is 0 Å². The molecule has 1 aromatic rings. The van der Waals surface area contributed by atoms with Crippen molar-refractivity contribution in [2.75, 3.05) is 12.3 Å². The Bertz CT molecular complexity index is 333. The molecule has 1 aliphatic heterocycles. The Kier molecular flexibility index (Phi) is 4.75. The van der Waals surface area contributed by atoms with Crippen molar-refractivity contribution in [3.63, 3.8) is 0 Å². The summed E-state index contributed by atoms with van der Waals surface area (Å²) < 4.78 is 0. The van der Waals surface area contributed by atoms with Crippen LogP contribution < -0.4 is 5.32 Å². The van der Waals surface area contributed by atoms with E-state index in [2.05, 4.69) is 24.0 Å². The lowest BCUT2D eigenvalue weighted by Crippen LogP contribution is -2.28. The van der Waals surface area contributed by atoms with Crippen molar-refractivity contribution in [2.24, 2.45) is 0 Å². The SMILES string of the molecule is CC(NCC1CCCCS1)c1ccc(O)cc1. The molecule has 2 atom stereocenters. The van der Waals surface area contributed by atoms with Gasteiger partial charge in [0.15, 0.2) is 0 Å². The smallest absolute Gasteiger partial charge is 0.115 e. The van der Waals surface area contributed by atoms with Crippen LogP contribution in [0.3, 0.4) is 0 Å². The lowest BCUT2D eigenvalue weighted by molar-refractivity contribution is 0.474. The summed E-state index contributed by atoms with van der Waals surface area (Å²) in [5.74, 6) is 1.66. The minimum atomic E-state index is 0.337. The van der Waals surface area contributed by atoms with Gasteiger partial charge < -0.3 is 10.4 Å². The topological polar surface area (TPSA) is 32.3 Å². The van der Waals surface area contributed by atoms with E-state index in [0.717, 1.165) is 11.8 Å². The average Bonchev–Trinajstić information content (AvgIpc) is 2.38. The molecule has 17 heavy (non-hydrogen) atoms. The minimum Gasteiger partial charge on any atom is -0.508 e. The molecule has 0 aromatic heterocycles. The number of hydrogen-bond acceptors (Lipinski definition) is 3. The van der Waals surface area contributed by atoms with Crippen molar-refractivity contribution in [1.29, 1.82) is 0 Å². The fourth-order valence-electron chi connectivity index (χ4n) is 2.16. The number of phenolic OH excluding ortho intramolecular Hbond substituents is 1. The number of aromatic hydroxyl groups is 1. The van der Waals surface area contributed by atoms with Gasteiger partial charge in [0.1, 0.15) is 5.75 Å². The summed E-state index contributed by atoms with van der Waals surface area (Å²) in [6, 6.07) is 7.84. The minimum absolute atomic E-state index is 0.337. The van der Waals surface area contributed by atoms with Crippen LogP contribution in [0.2, 0.25) is 0 Å². The van der Waals surface area contributed by atoms with E-state index < -0.39 is 0 Å². The number of hydrogen-bond donors (Lipinski definition) is 2. The number of benzene rings is 1. The molecular weight excluding hydrogens is 230 g/mol. The summed E-state index contributed by atoms with van der Waals surface area (Å²) >= 11 is 2.10. The molecule has 0 spiro atoms. The molecule has 1 fully saturated rings. The van der Waals surface area contributed by atoms with Crippen LogP contribution >= 0.6 is 11.8 Å². The van der Waals surface area contributed by atoms with Gasteiger partial charge in [-0.1, -0.05) is 18.6 Å². The summed E-state index contributed by atoms with van der Waals surface area (Å²) in [5, 5.41) is 13.6. The predicted octanol–water partition coefficient (Wildman–Crippen LogP) is 3.33. The molecule has 2 nitrogen and oxygen atoms in total. The van der Waals surface area contributed by atoms with Crippen LogP contribution in [0.4, 0.5) is 0 Å². The highest BCUT2D eigenvalue weighted by Crippen LogP contribution is 2.25. The fraction of sp³-hybridized carbons (Fsp3) is 0.571. The Morgan fingerprint density at radius 1 is 1.35 bits per heavy atom. The van der Waals surface area contributed by atoms with Gasteiger partial charge in [0.25, 0.3) is 0 Å². The van der Waals surface area contributed by atoms with Crippen LogP contribution in [0.5, 0.6) is 5.75 Å². The monoisotopic (exact) mass is 251 g/mol. The predicted molar refractivity (Wildman–Crippen MR) is 74.6 cm³/mol. The molecule has 1 saturated heterocycles. The molecule has 0 bridgehead atoms. The maximum Gasteiger partial charge on any atom is 0.115 e. The van der Waals surface area contributed by atoms with Crippen molar-refractivity contribution in [1.82, 2.24) is 5.32 Å². The van der Waals surface area contributed by atoms with E-state index in [-0.39, 0.29) is 0 Å². The second-order valence-corrected chi connectivity index (χ2v) is 6.12. The lowest BCUT2D eigenvalue weighted by atomic mass is 10.1. The maximum absolute atomic E-state index is 9.25. The van der Waals surface area contributed by atoms with E-state index in [1.165, 1.54) is 30.6 Å². The Balaban J connectivity index is 1.80. The summed E-state index contributed by atoms with van der Waals surface area (Å²) in [7, 11) is 0. The third-order valence-corrected chi connectivity index (χ3v) is 4.72. The second kappa shape index (κ2) is 6.31. The van der Waals surface area contributed by atoms with Gasteiger partial charge in [-0.3, -0.25) is 0 Å². The fourth-order valence-corrected chi connectivity index (χ4v) is 3.41. The second-order valence-electron chi connectivity index (χ2n) is 4.71. The Labute approximate surface area is 108 Å². The number of thioether (sulfide) groups is 1. The first-order valence-electron chi connectivity index (χ1n) is 6.39. The highest BCUT2D eigenvalue weighted by Gasteiger charge is 2.14. The quantitative estimate of drug-likeness (QED) is 0.861. The largest absolute Gasteiger partial charge is 0.508 e. The standard InChI is InChI=1S/C14H21NOS/c1-11(12-5-7-13(16)8-6-12)15-10-14-4-2-3-9-17-14/h5-8,11,14-16H,2-4,9-10H2,1H3. The zero-order chi connectivity index (χ0) is 12.1. The van der Waals surface area contributed by atoms with Gasteiger partial charge in [0.05, 0.1) is 0 Å². The van der Waals surface area contributed by atoms with E-state index in [0.29, 0.717) is 11.8 Å². The molecule has 0 saturated carbocycles. The van der Waals surface area contributed by atoms with Crippen LogP contribution in [0, 0.1) is 0 Å². The van der Waals surface area contributed by atoms with E-state index in [4.69, 9.17) is 0 Å². The van der Waals surface area contributed by atoms with Crippen molar-refractivity contribution < 1.29 is 5.11 Å². The van der Waals surface area contributed by atoms with Crippen molar-refractivity contribution in [3.8, 4) is 5.75 Å². The normalized spacial score (nSPS) is 22.3. The molecule has 94 valence electrons. The molecule has 2 unspecified atom stereocenters. The summed E-state index contributed by atoms with van der Waals surface area (Å²) in [5.41, 5.74) is 1.24. The van der Waals surface area contributed by atoms with Gasteiger partial charge in [-0.05, 0) is 43.2 Å². The molecule has 3 heteroatoms. The number of rotatable bonds is 4. The third kappa shape index (κ3) is 3.93. The Morgan fingerprint density at radius 2 is 2.12 bits per heavy atom. The van der Waals surface area contributed by atoms with E-state index >= 15 is 0 Å². The van der Waals surface area contributed by atoms with Crippen LogP contribution in [0.15, 0.2) is 24.3 Å². The zero-order valence-corrected chi connectivity index (χ0v) is 11.2. The molecule has 1 aliphatic rings. The molecule has 2 N–H and O–H groups in total. The summed E-state index contributed by atoms with van der Waals surface area (Å²) in [4.78, 5) is 0. The summed E-state index contributed by atoms with van der Waals surface area (Å²) in [6.07, 6.45) is 4.11. The van der Waals surface area contributed by atoms with Crippen molar-refractivity contribution in [3.05, 3.63) is 29.8 Å².